The fraction of sp³-hybridized carbons (Fsp3) is 0.355. The van der Waals surface area contributed by atoms with Crippen molar-refractivity contribution in [1.82, 2.24) is 19.4 Å². The van der Waals surface area contributed by atoms with Gasteiger partial charge >= 0.3 is 0 Å². The maximum absolute atomic E-state index is 12.4. The number of likely N-dealkylation sites (tertiary alicyclic amines) is 1. The van der Waals surface area contributed by atoms with Crippen LogP contribution in [0, 0.1) is 16.7 Å². The molecule has 9 heteroatoms. The van der Waals surface area contributed by atoms with Crippen LogP contribution >= 0.6 is 0 Å². The number of piperidine rings is 1. The standard InChI is InChI=1S/C14H19N5O.C8H5NO.C4H6.C3H7N.C2H6/c1-15-14-17-11-8-10(9-16-12(11)18(14)2)13(20)19-6-4-3-5-7-19;9-5-7-2-1-3-8(4-7)6-10;1-3-4-2;1-3(2)4;1-2/h8-9H,3-7H2,1-2H3,(H,15,17);1-4,6H;3-4H,1-2H2;4H,1-2H3;1-2H3. The molecule has 0 radical (unpaired) electrons. The number of nitrogens with zero attached hydrogens (tertiary/aromatic N) is 5. The number of pyridine rings is 1. The van der Waals surface area contributed by atoms with Crippen LogP contribution in [0.25, 0.3) is 11.2 Å². The first kappa shape index (κ1) is 35.4. The molecular formula is C31H43N7O2. The number of aryl methyl sites for hydroxylation is 1. The Bertz CT molecular complexity index is 1270. The number of fused-ring (bicyclic) bond motifs is 1. The summed E-state index contributed by atoms with van der Waals surface area (Å²) in [5.74, 6) is 0.811. The number of carbonyl (C=O) groups excluding carboxylic acids is 2. The second-order valence-corrected chi connectivity index (χ2v) is 8.49. The SMILES string of the molecule is C=CC=C.CC.CC(C)=N.CNc1nc2cc(C(=O)N3CCCCC3)cnc2n1C.N#Cc1cccc(C=O)c1. The summed E-state index contributed by atoms with van der Waals surface area (Å²) in [5.41, 5.74) is 3.88. The Labute approximate surface area is 238 Å². The van der Waals surface area contributed by atoms with Gasteiger partial charge in [-0.15, -0.1) is 0 Å². The van der Waals surface area contributed by atoms with Crippen LogP contribution < -0.4 is 5.32 Å². The fourth-order valence-corrected chi connectivity index (χ4v) is 3.38. The predicted molar refractivity (Wildman–Crippen MR) is 165 cm³/mol. The molecule has 2 aromatic heterocycles. The molecule has 0 spiro atoms. The first-order valence-electron chi connectivity index (χ1n) is 13.2. The van der Waals surface area contributed by atoms with Gasteiger partial charge in [-0.1, -0.05) is 51.3 Å². The number of benzene rings is 1. The summed E-state index contributed by atoms with van der Waals surface area (Å²) in [7, 11) is 3.72. The Hall–Kier alpha value is -4.58. The summed E-state index contributed by atoms with van der Waals surface area (Å²) in [6, 6.07) is 10.3. The van der Waals surface area contributed by atoms with Crippen molar-refractivity contribution in [2.75, 3.05) is 25.5 Å². The van der Waals surface area contributed by atoms with Crippen molar-refractivity contribution >= 4 is 35.0 Å². The van der Waals surface area contributed by atoms with Crippen LogP contribution in [0.4, 0.5) is 5.95 Å². The van der Waals surface area contributed by atoms with Gasteiger partial charge in [-0.2, -0.15) is 5.26 Å². The van der Waals surface area contributed by atoms with Crippen LogP contribution in [-0.4, -0.2) is 57.5 Å². The van der Waals surface area contributed by atoms with Crippen molar-refractivity contribution in [3.63, 3.8) is 0 Å². The number of aldehydes is 1. The van der Waals surface area contributed by atoms with Crippen LogP contribution in [0.1, 0.15) is 73.2 Å². The summed E-state index contributed by atoms with van der Waals surface area (Å²) in [6.45, 7) is 15.9. The second-order valence-electron chi connectivity index (χ2n) is 8.49. The van der Waals surface area contributed by atoms with E-state index in [4.69, 9.17) is 10.7 Å². The number of rotatable bonds is 4. The quantitative estimate of drug-likeness (QED) is 0.221. The number of hydrogen-bond acceptors (Lipinski definition) is 7. The molecular weight excluding hydrogens is 502 g/mol. The topological polar surface area (TPSA) is 128 Å². The average Bonchev–Trinajstić information content (AvgIpc) is 3.33. The van der Waals surface area contributed by atoms with E-state index in [1.165, 1.54) is 6.42 Å². The normalized spacial score (nSPS) is 11.2. The Morgan fingerprint density at radius 2 is 1.73 bits per heavy atom. The van der Waals surface area contributed by atoms with Gasteiger partial charge < -0.3 is 15.6 Å². The van der Waals surface area contributed by atoms with Gasteiger partial charge in [0, 0.05) is 44.7 Å². The zero-order chi connectivity index (χ0) is 30.5. The maximum Gasteiger partial charge on any atom is 0.255 e. The van der Waals surface area contributed by atoms with Crippen molar-refractivity contribution in [2.45, 2.75) is 47.0 Å². The van der Waals surface area contributed by atoms with E-state index < -0.39 is 0 Å². The lowest BCUT2D eigenvalue weighted by molar-refractivity contribution is 0.0724. The van der Waals surface area contributed by atoms with Crippen LogP contribution in [-0.2, 0) is 7.05 Å². The van der Waals surface area contributed by atoms with Crippen LogP contribution in [0.5, 0.6) is 0 Å². The number of nitriles is 1. The minimum absolute atomic E-state index is 0.0655. The highest BCUT2D eigenvalue weighted by Crippen LogP contribution is 2.19. The van der Waals surface area contributed by atoms with E-state index >= 15 is 0 Å². The lowest BCUT2D eigenvalue weighted by atomic mass is 10.1. The molecule has 2 N–H and O–H groups in total. The molecule has 1 fully saturated rings. The van der Waals surface area contributed by atoms with E-state index in [0.29, 0.717) is 22.4 Å². The molecule has 1 aliphatic rings. The number of amides is 1. The molecule has 0 saturated carbocycles. The molecule has 1 aromatic carbocycles. The third-order valence-electron chi connectivity index (χ3n) is 5.14. The molecule has 9 nitrogen and oxygen atoms in total. The van der Waals surface area contributed by atoms with Crippen LogP contribution in [0.3, 0.4) is 0 Å². The van der Waals surface area contributed by atoms with Gasteiger partial charge in [-0.25, -0.2) is 9.97 Å². The van der Waals surface area contributed by atoms with Crippen molar-refractivity contribution in [1.29, 1.82) is 10.7 Å². The van der Waals surface area contributed by atoms with Gasteiger partial charge in [0.05, 0.1) is 17.2 Å². The van der Waals surface area contributed by atoms with Crippen molar-refractivity contribution in [3.05, 3.63) is 78.5 Å². The average molecular weight is 546 g/mol. The van der Waals surface area contributed by atoms with Gasteiger partial charge in [-0.05, 0) is 51.3 Å². The third kappa shape index (κ3) is 12.3. The summed E-state index contributed by atoms with van der Waals surface area (Å²) in [5, 5.41) is 17.9. The van der Waals surface area contributed by atoms with E-state index in [0.717, 1.165) is 49.3 Å². The largest absolute Gasteiger partial charge is 0.359 e. The summed E-state index contributed by atoms with van der Waals surface area (Å²) < 4.78 is 1.88. The van der Waals surface area contributed by atoms with Crippen LogP contribution in [0.15, 0.2) is 61.8 Å². The second kappa shape index (κ2) is 20.4. The molecule has 40 heavy (non-hydrogen) atoms. The number of carbonyl (C=O) groups is 2. The zero-order valence-electron chi connectivity index (χ0n) is 24.7. The number of imidazole rings is 1. The van der Waals surface area contributed by atoms with E-state index in [-0.39, 0.29) is 5.91 Å². The number of nitrogens with one attached hydrogen (secondary N) is 2. The molecule has 0 aliphatic carbocycles. The van der Waals surface area contributed by atoms with Gasteiger partial charge in [0.2, 0.25) is 5.95 Å². The van der Waals surface area contributed by atoms with Crippen molar-refractivity contribution in [2.24, 2.45) is 7.05 Å². The lowest BCUT2D eigenvalue weighted by Crippen LogP contribution is -2.35. The highest BCUT2D eigenvalue weighted by atomic mass is 16.2. The predicted octanol–water partition coefficient (Wildman–Crippen LogP) is 6.44. The molecule has 1 amide bonds. The first-order valence-corrected chi connectivity index (χ1v) is 13.2. The molecule has 3 aromatic rings. The highest BCUT2D eigenvalue weighted by molar-refractivity contribution is 5.96. The molecule has 0 unspecified atom stereocenters. The summed E-state index contributed by atoms with van der Waals surface area (Å²) >= 11 is 0. The highest BCUT2D eigenvalue weighted by Gasteiger charge is 2.19. The minimum Gasteiger partial charge on any atom is -0.359 e. The summed E-state index contributed by atoms with van der Waals surface area (Å²) in [4.78, 5) is 33.3. The van der Waals surface area contributed by atoms with E-state index in [1.54, 1.807) is 56.5 Å². The van der Waals surface area contributed by atoms with Crippen molar-refractivity contribution in [3.8, 4) is 6.07 Å². The number of aromatic nitrogens is 3. The maximum atomic E-state index is 12.4. The Balaban J connectivity index is 0.000000634. The molecule has 214 valence electrons. The fourth-order valence-electron chi connectivity index (χ4n) is 3.38. The van der Waals surface area contributed by atoms with Gasteiger partial charge in [0.15, 0.2) is 5.65 Å². The molecule has 3 heterocycles. The minimum atomic E-state index is 0.0655. The number of anilines is 1. The molecule has 1 saturated heterocycles. The van der Waals surface area contributed by atoms with Crippen molar-refractivity contribution < 1.29 is 9.59 Å². The smallest absolute Gasteiger partial charge is 0.255 e. The van der Waals surface area contributed by atoms with E-state index in [2.05, 4.69) is 28.4 Å². The van der Waals surface area contributed by atoms with Gasteiger partial charge in [0.25, 0.3) is 5.91 Å². The monoisotopic (exact) mass is 545 g/mol. The first-order chi connectivity index (χ1) is 19.2. The van der Waals surface area contributed by atoms with Gasteiger partial charge in [0.1, 0.15) is 11.8 Å². The van der Waals surface area contributed by atoms with Crippen LogP contribution in [0.2, 0.25) is 0 Å². The van der Waals surface area contributed by atoms with E-state index in [9.17, 15) is 9.59 Å². The Kier molecular flexibility index (Phi) is 18.1. The zero-order valence-corrected chi connectivity index (χ0v) is 24.7. The molecule has 1 aliphatic heterocycles. The molecule has 0 bridgehead atoms. The number of allylic oxidation sites excluding steroid dienone is 2. The van der Waals surface area contributed by atoms with E-state index in [1.807, 2.05) is 49.5 Å². The third-order valence-corrected chi connectivity index (χ3v) is 5.14. The Morgan fingerprint density at radius 3 is 2.23 bits per heavy atom. The lowest BCUT2D eigenvalue weighted by Gasteiger charge is -2.26. The molecule has 4 rings (SSSR count). The molecule has 0 atom stereocenters. The number of hydrogen-bond donors (Lipinski definition) is 2. The Morgan fingerprint density at radius 1 is 1.12 bits per heavy atom. The summed E-state index contributed by atoms with van der Waals surface area (Å²) in [6.07, 6.45) is 9.05. The van der Waals surface area contributed by atoms with Gasteiger partial charge in [-0.3, -0.25) is 14.2 Å².